The molecule has 0 aromatic heterocycles. The average Bonchev–Trinajstić information content (AvgIpc) is 2.72. The van der Waals surface area contributed by atoms with Gasteiger partial charge in [-0.05, 0) is 48.5 Å². The first kappa shape index (κ1) is 12.6. The highest BCUT2D eigenvalue weighted by molar-refractivity contribution is 5.59. The fraction of sp³-hybridized carbons (Fsp3) is 0.238. The summed E-state index contributed by atoms with van der Waals surface area (Å²) in [7, 11) is 0. The van der Waals surface area contributed by atoms with E-state index < -0.39 is 0 Å². The molecule has 4 aliphatic rings. The third-order valence-electron chi connectivity index (χ3n) is 4.94. The van der Waals surface area contributed by atoms with Crippen molar-refractivity contribution in [1.29, 1.82) is 0 Å². The standard InChI is InChI=1S/C21H19/c1-2-9-17(10-3-1)19-13-8-12-18-11-4-6-15-21(18)16-7-5-14-20(19)21/h1-8,11,13-14H,9,12,15-16H2. The maximum absolute atomic E-state index is 3.46. The molecule has 0 heteroatoms. The second-order valence-electron chi connectivity index (χ2n) is 6.06. The quantitative estimate of drug-likeness (QED) is 0.559. The van der Waals surface area contributed by atoms with Crippen LogP contribution in [0.2, 0.25) is 0 Å². The van der Waals surface area contributed by atoms with Crippen molar-refractivity contribution in [3.05, 3.63) is 95.2 Å². The van der Waals surface area contributed by atoms with Gasteiger partial charge < -0.3 is 0 Å². The van der Waals surface area contributed by atoms with Gasteiger partial charge in [0.05, 0.1) is 0 Å². The van der Waals surface area contributed by atoms with Gasteiger partial charge in [-0.25, -0.2) is 0 Å². The van der Waals surface area contributed by atoms with Crippen molar-refractivity contribution in [2.24, 2.45) is 5.41 Å². The first-order valence-corrected chi connectivity index (χ1v) is 7.79. The third-order valence-corrected chi connectivity index (χ3v) is 4.94. The van der Waals surface area contributed by atoms with Crippen LogP contribution < -0.4 is 0 Å². The Hall–Kier alpha value is -2.08. The average molecular weight is 271 g/mol. The predicted octanol–water partition coefficient (Wildman–Crippen LogP) is 5.32. The van der Waals surface area contributed by atoms with Crippen LogP contribution in [0.15, 0.2) is 89.1 Å². The highest BCUT2D eigenvalue weighted by Gasteiger charge is 2.40. The molecule has 21 heavy (non-hydrogen) atoms. The van der Waals surface area contributed by atoms with Crippen LogP contribution in [0, 0.1) is 11.5 Å². The molecule has 0 fully saturated rings. The lowest BCUT2D eigenvalue weighted by atomic mass is 9.63. The van der Waals surface area contributed by atoms with Crippen molar-refractivity contribution in [2.45, 2.75) is 25.7 Å². The smallest absolute Gasteiger partial charge is 0.0243 e. The zero-order valence-corrected chi connectivity index (χ0v) is 12.2. The largest absolute Gasteiger partial charge is 0.0833 e. The van der Waals surface area contributed by atoms with Crippen molar-refractivity contribution < 1.29 is 0 Å². The molecule has 0 bridgehead atoms. The topological polar surface area (TPSA) is 0 Å². The Morgan fingerprint density at radius 1 is 0.857 bits per heavy atom. The summed E-state index contributed by atoms with van der Waals surface area (Å²) in [5, 5.41) is 0. The molecule has 0 aromatic carbocycles. The Bertz CT molecular complexity index is 694. The molecular formula is C21H19. The lowest BCUT2D eigenvalue weighted by Crippen LogP contribution is -2.28. The van der Waals surface area contributed by atoms with Crippen LogP contribution in [0.1, 0.15) is 25.7 Å². The number of hydrogen-bond acceptors (Lipinski definition) is 0. The summed E-state index contributed by atoms with van der Waals surface area (Å²) in [5.74, 6) is 0. The molecule has 0 saturated heterocycles. The first-order valence-electron chi connectivity index (χ1n) is 7.79. The molecule has 103 valence electrons. The monoisotopic (exact) mass is 271 g/mol. The lowest BCUT2D eigenvalue weighted by Gasteiger charge is -2.40. The van der Waals surface area contributed by atoms with Crippen molar-refractivity contribution in [3.63, 3.8) is 0 Å². The van der Waals surface area contributed by atoms with E-state index in [1.54, 1.807) is 5.57 Å². The van der Waals surface area contributed by atoms with E-state index >= 15 is 0 Å². The number of allylic oxidation sites excluding steroid dienone is 16. The number of hydrogen-bond donors (Lipinski definition) is 0. The minimum atomic E-state index is 0.179. The minimum Gasteiger partial charge on any atom is -0.0833 e. The Labute approximate surface area is 126 Å². The Morgan fingerprint density at radius 3 is 2.52 bits per heavy atom. The molecule has 1 unspecified atom stereocenters. The van der Waals surface area contributed by atoms with Gasteiger partial charge in [-0.3, -0.25) is 0 Å². The van der Waals surface area contributed by atoms with E-state index in [4.69, 9.17) is 0 Å². The summed E-state index contributed by atoms with van der Waals surface area (Å²) in [6.07, 6.45) is 32.5. The molecule has 0 amide bonds. The van der Waals surface area contributed by atoms with Gasteiger partial charge in [-0.2, -0.15) is 0 Å². The van der Waals surface area contributed by atoms with E-state index in [1.807, 2.05) is 6.08 Å². The van der Waals surface area contributed by atoms with Gasteiger partial charge in [0.2, 0.25) is 0 Å². The van der Waals surface area contributed by atoms with Crippen LogP contribution in [-0.2, 0) is 0 Å². The van der Waals surface area contributed by atoms with Gasteiger partial charge >= 0.3 is 0 Å². The summed E-state index contributed by atoms with van der Waals surface area (Å²) in [6, 6.07) is 0. The van der Waals surface area contributed by atoms with Crippen LogP contribution >= 0.6 is 0 Å². The lowest BCUT2D eigenvalue weighted by molar-refractivity contribution is 0.432. The molecule has 0 saturated carbocycles. The molecule has 0 N–H and O–H groups in total. The van der Waals surface area contributed by atoms with Gasteiger partial charge in [-0.15, -0.1) is 0 Å². The normalized spacial score (nSPS) is 33.1. The molecule has 0 nitrogen and oxygen atoms in total. The molecule has 1 spiro atoms. The zero-order valence-electron chi connectivity index (χ0n) is 12.2. The van der Waals surface area contributed by atoms with Crippen LogP contribution in [0.25, 0.3) is 0 Å². The first-order chi connectivity index (χ1) is 10.4. The maximum atomic E-state index is 3.46. The summed E-state index contributed by atoms with van der Waals surface area (Å²) >= 11 is 0. The number of rotatable bonds is 0. The highest BCUT2D eigenvalue weighted by atomic mass is 14.4. The van der Waals surface area contributed by atoms with Crippen LogP contribution in [-0.4, -0.2) is 0 Å². The Morgan fingerprint density at radius 2 is 1.71 bits per heavy atom. The Balaban J connectivity index is 1.91. The molecule has 0 heterocycles. The van der Waals surface area contributed by atoms with Crippen molar-refractivity contribution in [2.75, 3.05) is 0 Å². The minimum absolute atomic E-state index is 0.179. The molecule has 4 aliphatic carbocycles. The van der Waals surface area contributed by atoms with E-state index in [0.717, 1.165) is 25.7 Å². The summed E-state index contributed by atoms with van der Waals surface area (Å²) < 4.78 is 0. The third kappa shape index (κ3) is 1.98. The van der Waals surface area contributed by atoms with E-state index in [9.17, 15) is 0 Å². The second kappa shape index (κ2) is 5.04. The zero-order chi connectivity index (χ0) is 14.1. The van der Waals surface area contributed by atoms with Crippen LogP contribution in [0.3, 0.4) is 0 Å². The molecular weight excluding hydrogens is 252 g/mol. The van der Waals surface area contributed by atoms with Gasteiger partial charge in [0, 0.05) is 5.41 Å². The van der Waals surface area contributed by atoms with Gasteiger partial charge in [-0.1, -0.05) is 72.4 Å². The molecule has 1 atom stereocenters. The van der Waals surface area contributed by atoms with Crippen molar-refractivity contribution in [3.8, 4) is 0 Å². The summed E-state index contributed by atoms with van der Waals surface area (Å²) in [5.41, 5.74) is 5.94. The van der Waals surface area contributed by atoms with Crippen LogP contribution in [0.4, 0.5) is 0 Å². The van der Waals surface area contributed by atoms with Gasteiger partial charge in [0.15, 0.2) is 0 Å². The summed E-state index contributed by atoms with van der Waals surface area (Å²) in [6.45, 7) is 0. The summed E-state index contributed by atoms with van der Waals surface area (Å²) in [4.78, 5) is 0. The van der Waals surface area contributed by atoms with Gasteiger partial charge in [0.1, 0.15) is 0 Å². The second-order valence-corrected chi connectivity index (χ2v) is 6.06. The van der Waals surface area contributed by atoms with Crippen molar-refractivity contribution in [1.82, 2.24) is 0 Å². The highest BCUT2D eigenvalue weighted by Crippen LogP contribution is 2.53. The Kier molecular flexibility index (Phi) is 3.03. The molecule has 0 aliphatic heterocycles. The fourth-order valence-electron chi connectivity index (χ4n) is 3.86. The van der Waals surface area contributed by atoms with E-state index in [-0.39, 0.29) is 5.41 Å². The maximum Gasteiger partial charge on any atom is 0.0243 e. The van der Waals surface area contributed by atoms with E-state index in [1.165, 1.54) is 16.7 Å². The fourth-order valence-corrected chi connectivity index (χ4v) is 3.86. The van der Waals surface area contributed by atoms with Crippen LogP contribution in [0.5, 0.6) is 0 Å². The van der Waals surface area contributed by atoms with Crippen molar-refractivity contribution >= 4 is 0 Å². The molecule has 4 rings (SSSR count). The predicted molar refractivity (Wildman–Crippen MR) is 88.5 cm³/mol. The molecule has 1 radical (unpaired) electrons. The SMILES string of the molecule is [C]1=CC=CCC1=C1C=CCC2=CC=CCC23CC=CC=C13. The van der Waals surface area contributed by atoms with Gasteiger partial charge in [0.25, 0.3) is 0 Å². The van der Waals surface area contributed by atoms with E-state index in [0.29, 0.717) is 0 Å². The molecule has 0 aromatic rings. The van der Waals surface area contributed by atoms with E-state index in [2.05, 4.69) is 66.8 Å².